The predicted molar refractivity (Wildman–Crippen MR) is 104 cm³/mol. The first-order valence-corrected chi connectivity index (χ1v) is 9.48. The van der Waals surface area contributed by atoms with Gasteiger partial charge in [-0.05, 0) is 40.8 Å². The highest BCUT2D eigenvalue weighted by Crippen LogP contribution is 2.33. The van der Waals surface area contributed by atoms with E-state index in [0.29, 0.717) is 37.5 Å². The zero-order chi connectivity index (χ0) is 19.1. The van der Waals surface area contributed by atoms with Crippen LogP contribution in [0.3, 0.4) is 0 Å². The van der Waals surface area contributed by atoms with Crippen molar-refractivity contribution in [3.8, 4) is 0 Å². The van der Waals surface area contributed by atoms with Crippen LogP contribution in [0.5, 0.6) is 0 Å². The van der Waals surface area contributed by atoms with E-state index in [9.17, 15) is 9.59 Å². The zero-order valence-corrected chi connectivity index (χ0v) is 15.4. The van der Waals surface area contributed by atoms with Crippen molar-refractivity contribution in [3.05, 3.63) is 59.4 Å². The molecule has 1 fully saturated rings. The molecule has 2 heterocycles. The minimum Gasteiger partial charge on any atom is -0.448 e. The average molecular weight is 376 g/mol. The summed E-state index contributed by atoms with van der Waals surface area (Å²) in [5.74, 6) is -0.140. The number of hydrogen-bond donors (Lipinski definition) is 1. The molecular formula is C21H20N4O3. The monoisotopic (exact) mass is 376 g/mol. The molecule has 3 aromatic rings. The summed E-state index contributed by atoms with van der Waals surface area (Å²) < 4.78 is 6.63. The number of cyclic esters (lactones) is 1. The van der Waals surface area contributed by atoms with Crippen molar-refractivity contribution < 1.29 is 14.3 Å². The zero-order valence-electron chi connectivity index (χ0n) is 15.4. The maximum atomic E-state index is 12.9. The summed E-state index contributed by atoms with van der Waals surface area (Å²) in [5.41, 5.74) is 3.94. The highest BCUT2D eigenvalue weighted by Gasteiger charge is 2.22. The Kier molecular flexibility index (Phi) is 4.00. The molecule has 1 N–H and O–H groups in total. The van der Waals surface area contributed by atoms with Gasteiger partial charge in [0.05, 0.1) is 25.0 Å². The molecule has 142 valence electrons. The highest BCUT2D eigenvalue weighted by atomic mass is 16.6. The largest absolute Gasteiger partial charge is 0.448 e. The maximum Gasteiger partial charge on any atom is 0.410 e. The smallest absolute Gasteiger partial charge is 0.410 e. The highest BCUT2D eigenvalue weighted by molar-refractivity contribution is 6.14. The van der Waals surface area contributed by atoms with Crippen molar-refractivity contribution in [2.24, 2.45) is 0 Å². The van der Waals surface area contributed by atoms with Crippen molar-refractivity contribution in [2.75, 3.05) is 25.0 Å². The van der Waals surface area contributed by atoms with Crippen LogP contribution in [0.1, 0.15) is 21.5 Å². The molecule has 2 aromatic carbocycles. The lowest BCUT2D eigenvalue weighted by molar-refractivity contribution is 0.102. The van der Waals surface area contributed by atoms with Gasteiger partial charge in [0.15, 0.2) is 0 Å². The second kappa shape index (κ2) is 6.67. The van der Waals surface area contributed by atoms with Gasteiger partial charge in [0.1, 0.15) is 6.61 Å². The summed E-state index contributed by atoms with van der Waals surface area (Å²) in [6, 6.07) is 10.1. The average Bonchev–Trinajstić information content (AvgIpc) is 3.42. The minimum absolute atomic E-state index is 0.140. The summed E-state index contributed by atoms with van der Waals surface area (Å²) in [4.78, 5) is 26.0. The molecular weight excluding hydrogens is 356 g/mol. The maximum absolute atomic E-state index is 12.9. The number of benzene rings is 2. The minimum atomic E-state index is -0.285. The number of hydrogen-bond acceptors (Lipinski definition) is 4. The number of nitrogens with zero attached hydrogens (tertiary/aromatic N) is 3. The van der Waals surface area contributed by atoms with Gasteiger partial charge in [0.25, 0.3) is 5.91 Å². The van der Waals surface area contributed by atoms with Gasteiger partial charge >= 0.3 is 6.09 Å². The first-order chi connectivity index (χ1) is 13.7. The number of ether oxygens (including phenoxy) is 1. The number of aromatic nitrogens is 2. The Morgan fingerprint density at radius 2 is 2.00 bits per heavy atom. The normalized spacial score (nSPS) is 15.3. The summed E-state index contributed by atoms with van der Waals surface area (Å²) in [5, 5.41) is 9.44. The summed E-state index contributed by atoms with van der Waals surface area (Å²) >= 11 is 0. The third-order valence-electron chi connectivity index (χ3n) is 5.46. The van der Waals surface area contributed by atoms with E-state index in [0.717, 1.165) is 18.2 Å². The Hall–Kier alpha value is -3.35. The molecule has 0 atom stereocenters. The first kappa shape index (κ1) is 16.8. The van der Waals surface area contributed by atoms with Crippen LogP contribution in [0, 0.1) is 0 Å². The quantitative estimate of drug-likeness (QED) is 0.743. The van der Waals surface area contributed by atoms with Crippen LogP contribution in [0.15, 0.2) is 42.7 Å². The van der Waals surface area contributed by atoms with Crippen molar-refractivity contribution in [2.45, 2.75) is 19.4 Å². The number of rotatable bonds is 5. The molecule has 0 spiro atoms. The third-order valence-corrected chi connectivity index (χ3v) is 5.46. The summed E-state index contributed by atoms with van der Waals surface area (Å²) in [6.07, 6.45) is 5.19. The molecule has 28 heavy (non-hydrogen) atoms. The Morgan fingerprint density at radius 1 is 1.14 bits per heavy atom. The lowest BCUT2D eigenvalue weighted by Crippen LogP contribution is -2.28. The molecule has 1 saturated heterocycles. The van der Waals surface area contributed by atoms with Crippen molar-refractivity contribution in [3.63, 3.8) is 0 Å². The molecule has 7 heteroatoms. The standard InChI is InChI=1S/C21H20N4O3/c26-20(18-7-6-15-5-4-14-2-1-3-17(18)19(14)15)23-16-12-22-25(13-16)9-8-24-10-11-28-21(24)27/h1-3,6-7,12-13H,4-5,8-11H2,(H,23,26). The van der Waals surface area contributed by atoms with Gasteiger partial charge in [0.2, 0.25) is 0 Å². The van der Waals surface area contributed by atoms with E-state index in [1.807, 2.05) is 18.2 Å². The van der Waals surface area contributed by atoms with Crippen molar-refractivity contribution >= 4 is 28.5 Å². The van der Waals surface area contributed by atoms with Crippen LogP contribution < -0.4 is 5.32 Å². The molecule has 0 bridgehead atoms. The fourth-order valence-corrected chi connectivity index (χ4v) is 4.05. The van der Waals surface area contributed by atoms with Crippen LogP contribution in [-0.4, -0.2) is 46.4 Å². The molecule has 0 unspecified atom stereocenters. The van der Waals surface area contributed by atoms with E-state index in [2.05, 4.69) is 22.5 Å². The van der Waals surface area contributed by atoms with E-state index in [1.165, 1.54) is 16.5 Å². The van der Waals surface area contributed by atoms with Crippen LogP contribution >= 0.6 is 0 Å². The second-order valence-electron chi connectivity index (χ2n) is 7.16. The topological polar surface area (TPSA) is 76.5 Å². The fraction of sp³-hybridized carbons (Fsp3) is 0.286. The van der Waals surface area contributed by atoms with Gasteiger partial charge in [0, 0.05) is 18.3 Å². The Labute approximate surface area is 161 Å². The number of carbonyl (C=O) groups excluding carboxylic acids is 2. The SMILES string of the molecule is O=C(Nc1cnn(CCN2CCOC2=O)c1)c1ccc2c3c(cccc13)CC2. The third kappa shape index (κ3) is 2.89. The predicted octanol–water partition coefficient (Wildman–Crippen LogP) is 2.84. The van der Waals surface area contributed by atoms with E-state index in [1.54, 1.807) is 22.0 Å². The molecule has 2 aliphatic rings. The van der Waals surface area contributed by atoms with Gasteiger partial charge in [-0.15, -0.1) is 0 Å². The molecule has 5 rings (SSSR count). The number of amides is 2. The van der Waals surface area contributed by atoms with Crippen LogP contribution in [0.2, 0.25) is 0 Å². The van der Waals surface area contributed by atoms with Crippen LogP contribution in [-0.2, 0) is 24.1 Å². The van der Waals surface area contributed by atoms with E-state index >= 15 is 0 Å². The van der Waals surface area contributed by atoms with E-state index in [4.69, 9.17) is 4.74 Å². The first-order valence-electron chi connectivity index (χ1n) is 9.48. The number of nitrogens with one attached hydrogen (secondary N) is 1. The Bertz CT molecular complexity index is 1080. The van der Waals surface area contributed by atoms with Gasteiger partial charge in [-0.25, -0.2) is 4.79 Å². The van der Waals surface area contributed by atoms with Crippen LogP contribution in [0.25, 0.3) is 10.8 Å². The number of aryl methyl sites for hydroxylation is 2. The van der Waals surface area contributed by atoms with Crippen LogP contribution in [0.4, 0.5) is 10.5 Å². The van der Waals surface area contributed by atoms with Crippen molar-refractivity contribution in [1.82, 2.24) is 14.7 Å². The van der Waals surface area contributed by atoms with Gasteiger partial charge in [-0.2, -0.15) is 5.10 Å². The van der Waals surface area contributed by atoms with Gasteiger partial charge in [-0.1, -0.05) is 24.3 Å². The number of carbonyl (C=O) groups is 2. The summed E-state index contributed by atoms with van der Waals surface area (Å²) in [6.45, 7) is 2.12. The fourth-order valence-electron chi connectivity index (χ4n) is 4.05. The molecule has 0 saturated carbocycles. The lowest BCUT2D eigenvalue weighted by atomic mass is 9.99. The number of anilines is 1. The Morgan fingerprint density at radius 3 is 2.82 bits per heavy atom. The van der Waals surface area contributed by atoms with Crippen molar-refractivity contribution in [1.29, 1.82) is 0 Å². The van der Waals surface area contributed by atoms with Gasteiger partial charge < -0.3 is 15.0 Å². The molecule has 1 aliphatic carbocycles. The summed E-state index contributed by atoms with van der Waals surface area (Å²) in [7, 11) is 0. The van der Waals surface area contributed by atoms with E-state index < -0.39 is 0 Å². The molecule has 1 aliphatic heterocycles. The van der Waals surface area contributed by atoms with Gasteiger partial charge in [-0.3, -0.25) is 9.48 Å². The second-order valence-corrected chi connectivity index (χ2v) is 7.16. The molecule has 1 aromatic heterocycles. The molecule has 7 nitrogen and oxygen atoms in total. The molecule has 0 radical (unpaired) electrons. The lowest BCUT2D eigenvalue weighted by Gasteiger charge is -2.11. The molecule has 2 amide bonds. The Balaban J connectivity index is 1.31. The van der Waals surface area contributed by atoms with E-state index in [-0.39, 0.29) is 12.0 Å².